The quantitative estimate of drug-likeness (QED) is 0.765. The van der Waals surface area contributed by atoms with Gasteiger partial charge in [0.15, 0.2) is 0 Å². The molecule has 2 rings (SSSR count). The Labute approximate surface area is 126 Å². The van der Waals surface area contributed by atoms with Gasteiger partial charge < -0.3 is 5.32 Å². The van der Waals surface area contributed by atoms with Gasteiger partial charge in [0.25, 0.3) is 0 Å². The molecule has 5 nitrogen and oxygen atoms in total. The fraction of sp³-hybridized carbons (Fsp3) is 0.533. The summed E-state index contributed by atoms with van der Waals surface area (Å²) in [6.45, 7) is 2.35. The Hall–Kier alpha value is -1.40. The van der Waals surface area contributed by atoms with E-state index in [1.165, 1.54) is 0 Å². The Kier molecular flexibility index (Phi) is 5.36. The second kappa shape index (κ2) is 7.04. The van der Waals surface area contributed by atoms with Crippen LogP contribution in [0.25, 0.3) is 0 Å². The van der Waals surface area contributed by atoms with Crippen molar-refractivity contribution in [2.24, 2.45) is 0 Å². The molecule has 0 radical (unpaired) electrons. The number of hydrogen-bond acceptors (Lipinski definition) is 3. The Balaban J connectivity index is 1.87. The summed E-state index contributed by atoms with van der Waals surface area (Å²) in [4.78, 5) is 11.9. The number of nitrogens with one attached hydrogen (secondary N) is 2. The molecule has 1 aromatic carbocycles. The third kappa shape index (κ3) is 5.13. The normalized spacial score (nSPS) is 14.9. The van der Waals surface area contributed by atoms with Crippen LogP contribution in [0.4, 0.5) is 0 Å². The van der Waals surface area contributed by atoms with Crippen LogP contribution in [0.2, 0.25) is 0 Å². The van der Waals surface area contributed by atoms with E-state index < -0.39 is 10.0 Å². The van der Waals surface area contributed by atoms with Crippen molar-refractivity contribution in [3.05, 3.63) is 29.8 Å². The van der Waals surface area contributed by atoms with Gasteiger partial charge in [-0.2, -0.15) is 0 Å². The molecule has 0 aliphatic heterocycles. The molecule has 0 spiro atoms. The second-order valence-corrected chi connectivity index (χ2v) is 7.15. The van der Waals surface area contributed by atoms with Gasteiger partial charge in [0.05, 0.1) is 4.90 Å². The van der Waals surface area contributed by atoms with Crippen molar-refractivity contribution in [2.75, 3.05) is 6.54 Å². The van der Waals surface area contributed by atoms with Crippen LogP contribution in [-0.4, -0.2) is 26.9 Å². The minimum absolute atomic E-state index is 0.0683. The Morgan fingerprint density at radius 1 is 1.24 bits per heavy atom. The SMILES string of the molecule is CCCNS(=O)(=O)c1ccc(CCC(=O)NC2CC2)cc1. The van der Waals surface area contributed by atoms with Crippen molar-refractivity contribution < 1.29 is 13.2 Å². The zero-order chi connectivity index (χ0) is 15.3. The Morgan fingerprint density at radius 2 is 1.90 bits per heavy atom. The van der Waals surface area contributed by atoms with Crippen molar-refractivity contribution >= 4 is 15.9 Å². The number of sulfonamides is 1. The van der Waals surface area contributed by atoms with Crippen molar-refractivity contribution in [3.8, 4) is 0 Å². The fourth-order valence-electron chi connectivity index (χ4n) is 1.94. The number of carbonyl (C=O) groups is 1. The number of aryl methyl sites for hydroxylation is 1. The van der Waals surface area contributed by atoms with Crippen molar-refractivity contribution in [2.45, 2.75) is 50.0 Å². The topological polar surface area (TPSA) is 75.3 Å². The van der Waals surface area contributed by atoms with Gasteiger partial charge in [0, 0.05) is 19.0 Å². The molecule has 0 unspecified atom stereocenters. The van der Waals surface area contributed by atoms with Crippen LogP contribution in [0.1, 0.15) is 38.2 Å². The molecule has 116 valence electrons. The van der Waals surface area contributed by atoms with E-state index in [2.05, 4.69) is 10.0 Å². The third-order valence-electron chi connectivity index (χ3n) is 3.36. The van der Waals surface area contributed by atoms with Gasteiger partial charge >= 0.3 is 0 Å². The van der Waals surface area contributed by atoms with E-state index in [1.807, 2.05) is 6.92 Å². The van der Waals surface area contributed by atoms with Crippen LogP contribution in [-0.2, 0) is 21.2 Å². The second-order valence-electron chi connectivity index (χ2n) is 5.38. The Morgan fingerprint density at radius 3 is 2.48 bits per heavy atom. The molecule has 1 fully saturated rings. The molecule has 1 amide bonds. The molecule has 21 heavy (non-hydrogen) atoms. The van der Waals surface area contributed by atoms with Crippen molar-refractivity contribution in [3.63, 3.8) is 0 Å². The number of amides is 1. The van der Waals surface area contributed by atoms with Gasteiger partial charge in [0.1, 0.15) is 0 Å². The summed E-state index contributed by atoms with van der Waals surface area (Å²) < 4.78 is 26.4. The average molecular weight is 310 g/mol. The fourth-order valence-corrected chi connectivity index (χ4v) is 3.07. The molecular weight excluding hydrogens is 288 g/mol. The number of hydrogen-bond donors (Lipinski definition) is 2. The first kappa shape index (κ1) is 16.0. The lowest BCUT2D eigenvalue weighted by molar-refractivity contribution is -0.121. The maximum atomic E-state index is 11.9. The van der Waals surface area contributed by atoms with Gasteiger partial charge in [-0.05, 0) is 43.4 Å². The van der Waals surface area contributed by atoms with E-state index in [9.17, 15) is 13.2 Å². The summed E-state index contributed by atoms with van der Waals surface area (Å²) in [7, 11) is -3.41. The molecule has 6 heteroatoms. The third-order valence-corrected chi connectivity index (χ3v) is 4.84. The highest BCUT2D eigenvalue weighted by molar-refractivity contribution is 7.89. The summed E-state index contributed by atoms with van der Waals surface area (Å²) >= 11 is 0. The van der Waals surface area contributed by atoms with E-state index >= 15 is 0 Å². The van der Waals surface area contributed by atoms with E-state index in [-0.39, 0.29) is 10.8 Å². The van der Waals surface area contributed by atoms with E-state index in [0.29, 0.717) is 25.4 Å². The standard InChI is InChI=1S/C15H22N2O3S/c1-2-11-16-21(19,20)14-8-3-12(4-9-14)5-10-15(18)17-13-6-7-13/h3-4,8-9,13,16H,2,5-7,10-11H2,1H3,(H,17,18). The van der Waals surface area contributed by atoms with Crippen molar-refractivity contribution in [1.29, 1.82) is 0 Å². The first-order chi connectivity index (χ1) is 10.0. The number of benzene rings is 1. The molecule has 1 aromatic rings. The van der Waals surface area contributed by atoms with Crippen LogP contribution < -0.4 is 10.0 Å². The monoisotopic (exact) mass is 310 g/mol. The largest absolute Gasteiger partial charge is 0.353 e. The van der Waals surface area contributed by atoms with Gasteiger partial charge in [-0.15, -0.1) is 0 Å². The molecule has 1 saturated carbocycles. The zero-order valence-corrected chi connectivity index (χ0v) is 13.1. The van der Waals surface area contributed by atoms with Crippen LogP contribution in [0.3, 0.4) is 0 Å². The minimum Gasteiger partial charge on any atom is -0.353 e. The first-order valence-electron chi connectivity index (χ1n) is 7.39. The summed E-state index contributed by atoms with van der Waals surface area (Å²) in [5.74, 6) is 0.0683. The number of carbonyl (C=O) groups excluding carboxylic acids is 1. The van der Waals surface area contributed by atoms with Crippen LogP contribution in [0.15, 0.2) is 29.2 Å². The van der Waals surface area contributed by atoms with E-state index in [1.54, 1.807) is 24.3 Å². The maximum absolute atomic E-state index is 11.9. The highest BCUT2D eigenvalue weighted by Gasteiger charge is 2.22. The molecule has 0 bridgehead atoms. The van der Waals surface area contributed by atoms with E-state index in [0.717, 1.165) is 24.8 Å². The molecule has 2 N–H and O–H groups in total. The highest BCUT2D eigenvalue weighted by Crippen LogP contribution is 2.19. The summed E-state index contributed by atoms with van der Waals surface area (Å²) in [5.41, 5.74) is 0.968. The molecular formula is C15H22N2O3S. The lowest BCUT2D eigenvalue weighted by Crippen LogP contribution is -2.25. The maximum Gasteiger partial charge on any atom is 0.240 e. The minimum atomic E-state index is -3.41. The highest BCUT2D eigenvalue weighted by atomic mass is 32.2. The van der Waals surface area contributed by atoms with Crippen LogP contribution >= 0.6 is 0 Å². The zero-order valence-electron chi connectivity index (χ0n) is 12.3. The smallest absolute Gasteiger partial charge is 0.240 e. The summed E-state index contributed by atoms with van der Waals surface area (Å²) in [6, 6.07) is 7.10. The predicted octanol–water partition coefficient (Wildman–Crippen LogP) is 1.59. The van der Waals surface area contributed by atoms with Gasteiger partial charge in [-0.3, -0.25) is 4.79 Å². The molecule has 1 aliphatic carbocycles. The van der Waals surface area contributed by atoms with Crippen molar-refractivity contribution in [1.82, 2.24) is 10.0 Å². The Bertz CT molecular complexity index is 577. The summed E-state index contributed by atoms with van der Waals surface area (Å²) in [6.07, 6.45) is 4.00. The van der Waals surface area contributed by atoms with Crippen LogP contribution in [0.5, 0.6) is 0 Å². The van der Waals surface area contributed by atoms with Gasteiger partial charge in [0.2, 0.25) is 15.9 Å². The van der Waals surface area contributed by atoms with Gasteiger partial charge in [-0.1, -0.05) is 19.1 Å². The van der Waals surface area contributed by atoms with Gasteiger partial charge in [-0.25, -0.2) is 13.1 Å². The molecule has 0 aromatic heterocycles. The number of rotatable bonds is 8. The predicted molar refractivity (Wildman–Crippen MR) is 81.4 cm³/mol. The summed E-state index contributed by atoms with van der Waals surface area (Å²) in [5, 5.41) is 2.94. The average Bonchev–Trinajstić information content (AvgIpc) is 3.27. The van der Waals surface area contributed by atoms with Crippen LogP contribution in [0, 0.1) is 0 Å². The first-order valence-corrected chi connectivity index (χ1v) is 8.87. The lowest BCUT2D eigenvalue weighted by atomic mass is 10.1. The molecule has 0 saturated heterocycles. The lowest BCUT2D eigenvalue weighted by Gasteiger charge is -2.07. The molecule has 0 atom stereocenters. The van der Waals surface area contributed by atoms with E-state index in [4.69, 9.17) is 0 Å². The molecule has 1 aliphatic rings. The molecule has 0 heterocycles.